The van der Waals surface area contributed by atoms with Crippen LogP contribution >= 0.6 is 0 Å². The highest BCUT2D eigenvalue weighted by Gasteiger charge is 2.00. The molecule has 0 amide bonds. The van der Waals surface area contributed by atoms with Crippen molar-refractivity contribution in [3.05, 3.63) is 12.7 Å². The third-order valence-corrected chi connectivity index (χ3v) is 1.96. The molecule has 0 aromatic carbocycles. The van der Waals surface area contributed by atoms with Crippen LogP contribution in [0, 0.1) is 0 Å². The molecule has 3 nitrogen and oxygen atoms in total. The lowest BCUT2D eigenvalue weighted by atomic mass is 10.1. The Hall–Kier alpha value is -0.830. The molecular weight excluding hydrogens is 192 g/mol. The molecule has 0 aromatic rings. The third-order valence-electron chi connectivity index (χ3n) is 1.96. The second kappa shape index (κ2) is 11.2. The zero-order chi connectivity index (χ0) is 11.4. The largest absolute Gasteiger partial charge is 0.466 e. The lowest BCUT2D eigenvalue weighted by molar-refractivity contribution is -0.143. The normalized spacial score (nSPS) is 9.93. The van der Waals surface area contributed by atoms with Crippen LogP contribution in [-0.4, -0.2) is 25.8 Å². The van der Waals surface area contributed by atoms with Gasteiger partial charge in [0.05, 0.1) is 13.2 Å². The Morgan fingerprint density at radius 1 is 1.27 bits per heavy atom. The van der Waals surface area contributed by atoms with Crippen LogP contribution in [-0.2, 0) is 14.3 Å². The summed E-state index contributed by atoms with van der Waals surface area (Å²) in [6.07, 6.45) is 6.44. The van der Waals surface area contributed by atoms with Gasteiger partial charge in [0.1, 0.15) is 0 Å². The smallest absolute Gasteiger partial charge is 0.305 e. The molecule has 0 atom stereocenters. The monoisotopic (exact) mass is 214 g/mol. The average molecular weight is 214 g/mol. The Morgan fingerprint density at radius 3 is 2.67 bits per heavy atom. The fraction of sp³-hybridized carbons (Fsp3) is 0.750. The minimum absolute atomic E-state index is 0.0830. The van der Waals surface area contributed by atoms with E-state index >= 15 is 0 Å². The molecular formula is C12H22O3. The summed E-state index contributed by atoms with van der Waals surface area (Å²) >= 11 is 0. The standard InChI is InChI=1S/C12H22O3/c1-3-10-14-11-8-6-5-7-9-12(13)15-4-2/h3H,1,4-11H2,2H3. The molecule has 0 rings (SSSR count). The van der Waals surface area contributed by atoms with Crippen LogP contribution in [0.2, 0.25) is 0 Å². The van der Waals surface area contributed by atoms with Crippen LogP contribution in [0.25, 0.3) is 0 Å². The maximum absolute atomic E-state index is 11.0. The first kappa shape index (κ1) is 14.2. The summed E-state index contributed by atoms with van der Waals surface area (Å²) in [4.78, 5) is 11.0. The molecule has 0 N–H and O–H groups in total. The SMILES string of the molecule is C=CCOCCCCCCC(=O)OCC. The fourth-order valence-corrected chi connectivity index (χ4v) is 1.23. The van der Waals surface area contributed by atoms with Gasteiger partial charge in [-0.05, 0) is 19.8 Å². The van der Waals surface area contributed by atoms with E-state index in [0.29, 0.717) is 19.6 Å². The summed E-state index contributed by atoms with van der Waals surface area (Å²) < 4.78 is 10.1. The number of unbranched alkanes of at least 4 members (excludes halogenated alkanes) is 3. The van der Waals surface area contributed by atoms with Gasteiger partial charge in [-0.3, -0.25) is 4.79 Å². The molecule has 0 bridgehead atoms. The van der Waals surface area contributed by atoms with E-state index in [1.807, 2.05) is 6.92 Å². The van der Waals surface area contributed by atoms with Crippen molar-refractivity contribution in [2.45, 2.75) is 39.0 Å². The van der Waals surface area contributed by atoms with Crippen molar-refractivity contribution in [3.8, 4) is 0 Å². The average Bonchev–Trinajstić information content (AvgIpc) is 2.22. The van der Waals surface area contributed by atoms with E-state index in [0.717, 1.165) is 32.3 Å². The maximum Gasteiger partial charge on any atom is 0.305 e. The molecule has 3 heteroatoms. The van der Waals surface area contributed by atoms with Crippen molar-refractivity contribution in [1.82, 2.24) is 0 Å². The maximum atomic E-state index is 11.0. The zero-order valence-corrected chi connectivity index (χ0v) is 9.67. The molecule has 0 aromatic heterocycles. The zero-order valence-electron chi connectivity index (χ0n) is 9.67. The van der Waals surface area contributed by atoms with Crippen molar-refractivity contribution in [3.63, 3.8) is 0 Å². The van der Waals surface area contributed by atoms with Crippen LogP contribution in [0.5, 0.6) is 0 Å². The Morgan fingerprint density at radius 2 is 2.00 bits per heavy atom. The van der Waals surface area contributed by atoms with E-state index in [1.54, 1.807) is 6.08 Å². The van der Waals surface area contributed by atoms with Gasteiger partial charge < -0.3 is 9.47 Å². The van der Waals surface area contributed by atoms with Gasteiger partial charge >= 0.3 is 5.97 Å². The molecule has 0 aliphatic carbocycles. The summed E-state index contributed by atoms with van der Waals surface area (Å²) in [5, 5.41) is 0. The minimum atomic E-state index is -0.0830. The van der Waals surface area contributed by atoms with Crippen LogP contribution in [0.4, 0.5) is 0 Å². The Bertz CT molecular complexity index is 166. The van der Waals surface area contributed by atoms with E-state index in [-0.39, 0.29) is 5.97 Å². The van der Waals surface area contributed by atoms with E-state index in [9.17, 15) is 4.79 Å². The first-order chi connectivity index (χ1) is 7.31. The molecule has 0 spiro atoms. The summed E-state index contributed by atoms with van der Waals surface area (Å²) in [5.74, 6) is -0.0830. The highest BCUT2D eigenvalue weighted by atomic mass is 16.5. The second-order valence-corrected chi connectivity index (χ2v) is 3.33. The number of rotatable bonds is 10. The van der Waals surface area contributed by atoms with Gasteiger partial charge in [-0.15, -0.1) is 6.58 Å². The summed E-state index contributed by atoms with van der Waals surface area (Å²) in [6.45, 7) is 7.29. The Balaban J connectivity index is 3.04. The molecule has 0 radical (unpaired) electrons. The van der Waals surface area contributed by atoms with Crippen LogP contribution in [0.15, 0.2) is 12.7 Å². The van der Waals surface area contributed by atoms with Gasteiger partial charge in [-0.1, -0.05) is 18.9 Å². The number of carbonyl (C=O) groups is 1. The van der Waals surface area contributed by atoms with Crippen LogP contribution in [0.1, 0.15) is 39.0 Å². The van der Waals surface area contributed by atoms with Gasteiger partial charge in [0.2, 0.25) is 0 Å². The second-order valence-electron chi connectivity index (χ2n) is 3.33. The van der Waals surface area contributed by atoms with Gasteiger partial charge in [0.15, 0.2) is 0 Å². The first-order valence-electron chi connectivity index (χ1n) is 5.65. The molecule has 0 saturated heterocycles. The van der Waals surface area contributed by atoms with Crippen molar-refractivity contribution >= 4 is 5.97 Å². The quantitative estimate of drug-likeness (QED) is 0.318. The topological polar surface area (TPSA) is 35.5 Å². The highest BCUT2D eigenvalue weighted by molar-refractivity contribution is 5.69. The summed E-state index contributed by atoms with van der Waals surface area (Å²) in [6, 6.07) is 0. The van der Waals surface area contributed by atoms with E-state index in [4.69, 9.17) is 9.47 Å². The van der Waals surface area contributed by atoms with Crippen molar-refractivity contribution in [1.29, 1.82) is 0 Å². The van der Waals surface area contributed by atoms with Gasteiger partial charge in [0.25, 0.3) is 0 Å². The third kappa shape index (κ3) is 11.1. The molecule has 15 heavy (non-hydrogen) atoms. The summed E-state index contributed by atoms with van der Waals surface area (Å²) in [5.41, 5.74) is 0. The Labute approximate surface area is 92.5 Å². The molecule has 0 heterocycles. The lowest BCUT2D eigenvalue weighted by Crippen LogP contribution is -2.03. The Kier molecular flexibility index (Phi) is 10.6. The fourth-order valence-electron chi connectivity index (χ4n) is 1.23. The van der Waals surface area contributed by atoms with Crippen molar-refractivity contribution in [2.24, 2.45) is 0 Å². The molecule has 88 valence electrons. The van der Waals surface area contributed by atoms with Crippen LogP contribution in [0.3, 0.4) is 0 Å². The van der Waals surface area contributed by atoms with Crippen LogP contribution < -0.4 is 0 Å². The minimum Gasteiger partial charge on any atom is -0.466 e. The van der Waals surface area contributed by atoms with E-state index in [1.165, 1.54) is 0 Å². The molecule has 0 saturated carbocycles. The molecule has 0 fully saturated rings. The molecule has 0 aliphatic rings. The molecule has 0 aliphatic heterocycles. The van der Waals surface area contributed by atoms with Crippen molar-refractivity contribution < 1.29 is 14.3 Å². The lowest BCUT2D eigenvalue weighted by Gasteiger charge is -2.02. The van der Waals surface area contributed by atoms with Crippen molar-refractivity contribution in [2.75, 3.05) is 19.8 Å². The van der Waals surface area contributed by atoms with Gasteiger partial charge in [-0.25, -0.2) is 0 Å². The number of esters is 1. The first-order valence-corrected chi connectivity index (χ1v) is 5.65. The van der Waals surface area contributed by atoms with Gasteiger partial charge in [-0.2, -0.15) is 0 Å². The number of hydrogen-bond acceptors (Lipinski definition) is 3. The molecule has 0 unspecified atom stereocenters. The predicted octanol–water partition coefficient (Wildman–Crippen LogP) is 2.70. The number of carbonyl (C=O) groups excluding carboxylic acids is 1. The van der Waals surface area contributed by atoms with E-state index < -0.39 is 0 Å². The van der Waals surface area contributed by atoms with E-state index in [2.05, 4.69) is 6.58 Å². The number of hydrogen-bond donors (Lipinski definition) is 0. The highest BCUT2D eigenvalue weighted by Crippen LogP contribution is 2.04. The summed E-state index contributed by atoms with van der Waals surface area (Å²) in [7, 11) is 0. The number of ether oxygens (including phenoxy) is 2. The predicted molar refractivity (Wildman–Crippen MR) is 60.7 cm³/mol. The van der Waals surface area contributed by atoms with Gasteiger partial charge in [0, 0.05) is 13.0 Å².